The molecule has 20 nitrogen and oxygen atoms in total. The van der Waals surface area contributed by atoms with Crippen LogP contribution in [-0.4, -0.2) is 140 Å². The molecule has 3 N–H and O–H groups in total. The first-order valence-electron chi connectivity index (χ1n) is 34.6. The SMILES string of the molecule is COc1ccc(C(OCC2O[C@@H](n3cc(C(=O)NCCOCCNC(=O)CCCCCC4(C)C5=[N+](CCC6Oc7c(cc8c9c7CCCN9CCC8)C=C56)c5ccccc54)c(=O)[nH]c3=O)C[C@H]2OP(OCCC#N)N(C(C)C)C(C)C)(c2ccccc2)c2ccc(OC)cc2)cc1. The fourth-order valence-electron chi connectivity index (χ4n) is 15.3. The van der Waals surface area contributed by atoms with Crippen molar-refractivity contribution in [3.05, 3.63) is 186 Å². The fourth-order valence-corrected chi connectivity index (χ4v) is 17.1. The number of methoxy groups -OCH3 is 2. The van der Waals surface area contributed by atoms with Gasteiger partial charge in [0.1, 0.15) is 46.8 Å². The Morgan fingerprint density at radius 1 is 0.856 bits per heavy atom. The summed E-state index contributed by atoms with van der Waals surface area (Å²) in [5.74, 6) is 1.66. The van der Waals surface area contributed by atoms with Gasteiger partial charge in [-0.2, -0.15) is 9.84 Å². The van der Waals surface area contributed by atoms with Gasteiger partial charge in [0, 0.05) is 92.2 Å². The highest BCUT2D eigenvalue weighted by Crippen LogP contribution is 2.54. The molecule has 0 bridgehead atoms. The van der Waals surface area contributed by atoms with Crippen LogP contribution in [0, 0.1) is 11.3 Å². The van der Waals surface area contributed by atoms with E-state index in [0.29, 0.717) is 24.5 Å². The number of amides is 2. The van der Waals surface area contributed by atoms with Crippen LogP contribution in [-0.2, 0) is 51.9 Å². The van der Waals surface area contributed by atoms with E-state index in [1.807, 2.05) is 107 Å². The van der Waals surface area contributed by atoms with Gasteiger partial charge in [-0.15, -0.1) is 0 Å². The standard InChI is InChI=1S/C76H91N8O12P/c1-50(2)84(51(3)4)97(93-42-18-36-77)96-65-47-68(94-66(65)49-92-76(54-20-10-8-11-21-54,55-26-30-57(89-6)31-27-55)56-28-32-58(90-7)33-29-56)83-48-61(73(87)80-74(83)88)72(86)79-38-44-91-43-37-78-67(85)25-12-9-15-35-75(5)62-23-13-14-24-63(62)82-41-34-64-60(71(75)82)46-53-45-52-19-16-39-81-40-17-22-59(69(52)81)70(53)95-64/h8,10-11,13-14,20-21,23-24,26-33,45-46,48,50-51,64-66,68H,9,12,15-19,22,25,34-35,37-44,47,49H2,1-7H3,(H2-,78,79,80,85,86,87,88)/p+1/t64?,65-,66?,68-,75?,97?/m1/s1. The summed E-state index contributed by atoms with van der Waals surface area (Å²) in [6.07, 6.45) is 10.7. The van der Waals surface area contributed by atoms with Gasteiger partial charge >= 0.3 is 5.69 Å². The van der Waals surface area contributed by atoms with Gasteiger partial charge in [0.15, 0.2) is 12.3 Å². The van der Waals surface area contributed by atoms with Gasteiger partial charge in [0.05, 0.1) is 70.2 Å². The number of anilines is 1. The molecule has 6 aliphatic rings. The molecule has 0 spiro atoms. The minimum Gasteiger partial charge on any atom is -0.497 e. The van der Waals surface area contributed by atoms with Gasteiger partial charge in [0.25, 0.3) is 20.0 Å². The van der Waals surface area contributed by atoms with Crippen molar-refractivity contribution in [2.75, 3.05) is 78.3 Å². The molecule has 0 radical (unpaired) electrons. The molecular formula is C76H92N8O12P+. The number of aromatic amines is 1. The highest BCUT2D eigenvalue weighted by molar-refractivity contribution is 7.44. The third kappa shape index (κ3) is 14.5. The van der Waals surface area contributed by atoms with E-state index in [1.165, 1.54) is 68.5 Å². The summed E-state index contributed by atoms with van der Waals surface area (Å²) >= 11 is 0. The summed E-state index contributed by atoms with van der Waals surface area (Å²) in [4.78, 5) is 59.3. The second kappa shape index (κ2) is 30.8. The van der Waals surface area contributed by atoms with E-state index in [9.17, 15) is 24.4 Å². The number of nitrogens with zero attached hydrogens (tertiary/aromatic N) is 5. The maximum absolute atomic E-state index is 13.9. The Morgan fingerprint density at radius 3 is 2.24 bits per heavy atom. The second-order valence-electron chi connectivity index (χ2n) is 26.7. The zero-order chi connectivity index (χ0) is 67.8. The maximum Gasteiger partial charge on any atom is 0.330 e. The molecule has 1 fully saturated rings. The quantitative estimate of drug-likeness (QED) is 0.0165. The number of unbranched alkanes of at least 4 members (excludes halogenated alkanes) is 2. The molecule has 97 heavy (non-hydrogen) atoms. The number of ether oxygens (including phenoxy) is 6. The molecule has 0 saturated carbocycles. The van der Waals surface area contributed by atoms with Crippen molar-refractivity contribution in [3.8, 4) is 23.3 Å². The van der Waals surface area contributed by atoms with Crippen LogP contribution in [0.4, 0.5) is 11.4 Å². The first-order chi connectivity index (χ1) is 47.1. The molecule has 6 aliphatic heterocycles. The van der Waals surface area contributed by atoms with Crippen LogP contribution in [0.2, 0.25) is 0 Å². The Hall–Kier alpha value is -7.99. The van der Waals surface area contributed by atoms with Crippen LogP contribution in [0.5, 0.6) is 17.2 Å². The first-order valence-corrected chi connectivity index (χ1v) is 35.7. The molecule has 12 rings (SSSR count). The molecule has 512 valence electrons. The molecule has 1 saturated heterocycles. The summed E-state index contributed by atoms with van der Waals surface area (Å²) in [6.45, 7) is 14.4. The van der Waals surface area contributed by atoms with Crippen molar-refractivity contribution < 1.29 is 51.6 Å². The number of H-pyrrole nitrogens is 1. The number of rotatable bonds is 30. The molecule has 6 atom stereocenters. The molecule has 1 aromatic heterocycles. The van der Waals surface area contributed by atoms with Crippen LogP contribution >= 0.6 is 8.53 Å². The lowest BCUT2D eigenvalue weighted by molar-refractivity contribution is -0.444. The molecule has 4 unspecified atom stereocenters. The molecule has 2 amide bonds. The fraction of sp³-hybridized carbons (Fsp3) is 0.474. The number of benzene rings is 5. The lowest BCUT2D eigenvalue weighted by Gasteiger charge is -2.40. The van der Waals surface area contributed by atoms with Gasteiger partial charge in [-0.3, -0.25) is 23.9 Å². The average molecular weight is 1340 g/mol. The van der Waals surface area contributed by atoms with Crippen LogP contribution in [0.3, 0.4) is 0 Å². The maximum atomic E-state index is 13.9. The Bertz CT molecular complexity index is 3960. The molecule has 7 heterocycles. The Balaban J connectivity index is 0.660. The number of nitrogens with one attached hydrogen (secondary N) is 3. The van der Waals surface area contributed by atoms with Crippen LogP contribution < -0.4 is 41.0 Å². The molecule has 5 aromatic carbocycles. The van der Waals surface area contributed by atoms with Crippen molar-refractivity contribution in [1.29, 1.82) is 5.26 Å². The van der Waals surface area contributed by atoms with Crippen LogP contribution in [0.15, 0.2) is 131 Å². The monoisotopic (exact) mass is 1340 g/mol. The smallest absolute Gasteiger partial charge is 0.330 e. The largest absolute Gasteiger partial charge is 0.497 e. The number of fused-ring (bicyclic) bond motifs is 6. The number of carbonyl (C=O) groups excluding carboxylic acids is 2. The van der Waals surface area contributed by atoms with Gasteiger partial charge < -0.3 is 53.0 Å². The van der Waals surface area contributed by atoms with Gasteiger partial charge in [-0.1, -0.05) is 85.6 Å². The Kier molecular flexibility index (Phi) is 21.9. The average Bonchev–Trinajstić information content (AvgIpc) is 1.61. The highest BCUT2D eigenvalue weighted by atomic mass is 31.2. The third-order valence-corrected chi connectivity index (χ3v) is 22.0. The third-order valence-electron chi connectivity index (χ3n) is 19.8. The van der Waals surface area contributed by atoms with Crippen molar-refractivity contribution in [2.45, 2.75) is 159 Å². The van der Waals surface area contributed by atoms with E-state index in [2.05, 4.69) is 79.2 Å². The summed E-state index contributed by atoms with van der Waals surface area (Å²) in [7, 11) is 1.40. The van der Waals surface area contributed by atoms with Crippen LogP contribution in [0.25, 0.3) is 6.08 Å². The van der Waals surface area contributed by atoms with Gasteiger partial charge in [-0.05, 0) is 132 Å². The van der Waals surface area contributed by atoms with E-state index in [1.54, 1.807) is 14.2 Å². The minimum atomic E-state index is -1.82. The van der Waals surface area contributed by atoms with E-state index in [0.717, 1.165) is 87.0 Å². The predicted molar refractivity (Wildman–Crippen MR) is 373 cm³/mol. The van der Waals surface area contributed by atoms with Crippen molar-refractivity contribution in [2.24, 2.45) is 0 Å². The summed E-state index contributed by atoms with van der Waals surface area (Å²) < 4.78 is 57.6. The predicted octanol–water partition coefficient (Wildman–Crippen LogP) is 11.3. The summed E-state index contributed by atoms with van der Waals surface area (Å²) in [5, 5.41) is 15.3. The lowest BCUT2D eigenvalue weighted by Crippen LogP contribution is -2.44. The van der Waals surface area contributed by atoms with Crippen molar-refractivity contribution in [3.63, 3.8) is 0 Å². The second-order valence-corrected chi connectivity index (χ2v) is 28.1. The normalized spacial score (nSPS) is 20.3. The first kappa shape index (κ1) is 68.9. The van der Waals surface area contributed by atoms with E-state index >= 15 is 0 Å². The number of para-hydroxylation sites is 1. The van der Waals surface area contributed by atoms with E-state index in [-0.39, 0.29) is 80.9 Å². The number of aryl methyl sites for hydroxylation is 1. The van der Waals surface area contributed by atoms with Crippen molar-refractivity contribution >= 4 is 43.5 Å². The Labute approximate surface area is 569 Å². The highest BCUT2D eigenvalue weighted by Gasteiger charge is 2.55. The molecule has 21 heteroatoms. The van der Waals surface area contributed by atoms with Gasteiger partial charge in [-0.25, -0.2) is 9.46 Å². The summed E-state index contributed by atoms with van der Waals surface area (Å²) in [6, 6.07) is 38.6. The zero-order valence-electron chi connectivity index (χ0n) is 56.9. The number of hydrogen-bond donors (Lipinski definition) is 3. The lowest BCUT2D eigenvalue weighted by atomic mass is 9.71. The molecular weight excluding hydrogens is 1250 g/mol. The van der Waals surface area contributed by atoms with Gasteiger partial charge in [0.2, 0.25) is 11.6 Å². The number of hydrogen-bond acceptors (Lipinski definition) is 15. The Morgan fingerprint density at radius 2 is 1.54 bits per heavy atom. The number of aromatic nitrogens is 2. The number of nitriles is 1. The topological polar surface area (TPSA) is 220 Å². The van der Waals surface area contributed by atoms with Crippen LogP contribution in [0.1, 0.15) is 154 Å². The minimum absolute atomic E-state index is 0.0243. The van der Waals surface area contributed by atoms with Crippen molar-refractivity contribution in [1.82, 2.24) is 24.9 Å². The van der Waals surface area contributed by atoms with E-state index < -0.39 is 49.7 Å². The molecule has 0 aliphatic carbocycles. The molecule has 6 aromatic rings. The zero-order valence-corrected chi connectivity index (χ0v) is 57.8. The summed E-state index contributed by atoms with van der Waals surface area (Å²) in [5.41, 5.74) is 9.88. The van der Waals surface area contributed by atoms with E-state index in [4.69, 9.17) is 37.5 Å². The number of carbonyl (C=O) groups is 2.